The molecule has 0 aliphatic rings. The summed E-state index contributed by atoms with van der Waals surface area (Å²) in [4.78, 5) is 4.44. The first-order valence-electron chi connectivity index (χ1n) is 6.13. The molecule has 1 aromatic carbocycles. The highest BCUT2D eigenvalue weighted by Crippen LogP contribution is 2.28. The number of benzene rings is 1. The van der Waals surface area contributed by atoms with Crippen molar-refractivity contribution in [2.45, 2.75) is 17.0 Å². The fourth-order valence-electron chi connectivity index (χ4n) is 1.63. The summed E-state index contributed by atoms with van der Waals surface area (Å²) in [5.41, 5.74) is 8.57. The molecule has 0 saturated heterocycles. The van der Waals surface area contributed by atoms with Crippen molar-refractivity contribution < 1.29 is 4.74 Å². The van der Waals surface area contributed by atoms with E-state index in [-0.39, 0.29) is 0 Å². The molecule has 0 spiro atoms. The molecule has 1 aromatic heterocycles. The maximum atomic E-state index is 5.42. The minimum atomic E-state index is 0.348. The zero-order valence-corrected chi connectivity index (χ0v) is 13.1. The highest BCUT2D eigenvalue weighted by atomic mass is 32.2. The summed E-state index contributed by atoms with van der Waals surface area (Å²) < 4.78 is 6.39. The molecule has 0 unspecified atom stereocenters. The van der Waals surface area contributed by atoms with Gasteiger partial charge >= 0.3 is 0 Å². The van der Waals surface area contributed by atoms with Gasteiger partial charge in [-0.05, 0) is 24.6 Å². The van der Waals surface area contributed by atoms with Gasteiger partial charge in [0.15, 0.2) is 0 Å². The monoisotopic (exact) mass is 304 g/mol. The molecule has 0 radical (unpaired) electrons. The fraction of sp³-hybridized carbons (Fsp3) is 0.267. The second-order valence-corrected chi connectivity index (χ2v) is 6.16. The van der Waals surface area contributed by atoms with Gasteiger partial charge < -0.3 is 10.5 Å². The molecule has 1 heterocycles. The predicted molar refractivity (Wildman–Crippen MR) is 85.3 cm³/mol. The third-order valence-electron chi connectivity index (χ3n) is 2.55. The number of thiazole rings is 1. The molecule has 2 rings (SSSR count). The Morgan fingerprint density at radius 3 is 2.95 bits per heavy atom. The lowest BCUT2D eigenvalue weighted by atomic mass is 10.1. The SMILES string of the molecule is COc1ccc(CSc2nc(C)cs2)cc1C#CCN. The molecule has 0 fully saturated rings. The normalized spacial score (nSPS) is 9.95. The Morgan fingerprint density at radius 2 is 2.30 bits per heavy atom. The number of methoxy groups -OCH3 is 1. The van der Waals surface area contributed by atoms with Gasteiger partial charge in [-0.2, -0.15) is 0 Å². The average Bonchev–Trinajstić information content (AvgIpc) is 2.88. The second kappa shape index (κ2) is 7.34. The molecule has 0 aliphatic carbocycles. The quantitative estimate of drug-likeness (QED) is 0.696. The predicted octanol–water partition coefficient (Wildman–Crippen LogP) is 3.06. The Bertz CT molecular complexity index is 641. The van der Waals surface area contributed by atoms with Crippen LogP contribution in [0.4, 0.5) is 0 Å². The Hall–Kier alpha value is -1.48. The number of hydrogen-bond acceptors (Lipinski definition) is 5. The van der Waals surface area contributed by atoms with Crippen LogP contribution in [0.25, 0.3) is 0 Å². The molecule has 104 valence electrons. The van der Waals surface area contributed by atoms with Crippen LogP contribution in [0.5, 0.6) is 5.75 Å². The second-order valence-electron chi connectivity index (χ2n) is 4.08. The number of aromatic nitrogens is 1. The number of nitrogens with two attached hydrogens (primary N) is 1. The van der Waals surface area contributed by atoms with Gasteiger partial charge in [-0.1, -0.05) is 29.7 Å². The minimum Gasteiger partial charge on any atom is -0.495 e. The van der Waals surface area contributed by atoms with Crippen molar-refractivity contribution >= 4 is 23.1 Å². The Balaban J connectivity index is 2.12. The molecule has 3 nitrogen and oxygen atoms in total. The van der Waals surface area contributed by atoms with Gasteiger partial charge in [-0.15, -0.1) is 11.3 Å². The number of nitrogens with zero attached hydrogens (tertiary/aromatic N) is 1. The number of hydrogen-bond donors (Lipinski definition) is 1. The average molecular weight is 304 g/mol. The topological polar surface area (TPSA) is 48.1 Å². The van der Waals surface area contributed by atoms with Gasteiger partial charge in [0.05, 0.1) is 19.2 Å². The van der Waals surface area contributed by atoms with Crippen molar-refractivity contribution in [1.29, 1.82) is 0 Å². The largest absolute Gasteiger partial charge is 0.495 e. The minimum absolute atomic E-state index is 0.348. The maximum Gasteiger partial charge on any atom is 0.150 e. The van der Waals surface area contributed by atoms with Crippen molar-refractivity contribution in [2.24, 2.45) is 5.73 Å². The first-order valence-corrected chi connectivity index (χ1v) is 8.00. The standard InChI is InChI=1S/C15H16N2OS2/c1-11-9-19-15(17-11)20-10-12-5-6-14(18-2)13(8-12)4-3-7-16/h5-6,8-9H,7,10,16H2,1-2H3. The maximum absolute atomic E-state index is 5.42. The van der Waals surface area contributed by atoms with E-state index in [4.69, 9.17) is 10.5 Å². The number of ether oxygens (including phenoxy) is 1. The fourth-order valence-corrected chi connectivity index (χ4v) is 3.42. The summed E-state index contributed by atoms with van der Waals surface area (Å²) in [5.74, 6) is 7.56. The summed E-state index contributed by atoms with van der Waals surface area (Å²) in [7, 11) is 1.65. The van der Waals surface area contributed by atoms with Crippen molar-refractivity contribution in [2.75, 3.05) is 13.7 Å². The molecule has 2 N–H and O–H groups in total. The number of aryl methyl sites for hydroxylation is 1. The summed E-state index contributed by atoms with van der Waals surface area (Å²) >= 11 is 3.41. The lowest BCUT2D eigenvalue weighted by molar-refractivity contribution is 0.413. The van der Waals surface area contributed by atoms with E-state index in [1.807, 2.05) is 13.0 Å². The molecular weight excluding hydrogens is 288 g/mol. The molecule has 0 saturated carbocycles. The van der Waals surface area contributed by atoms with E-state index < -0.39 is 0 Å². The molecule has 0 bridgehead atoms. The van der Waals surface area contributed by atoms with Gasteiger partial charge in [0.1, 0.15) is 10.1 Å². The van der Waals surface area contributed by atoms with Gasteiger partial charge in [0, 0.05) is 16.8 Å². The van der Waals surface area contributed by atoms with Gasteiger partial charge in [-0.3, -0.25) is 0 Å². The van der Waals surface area contributed by atoms with Crippen LogP contribution >= 0.6 is 23.1 Å². The van der Waals surface area contributed by atoms with Crippen molar-refractivity contribution in [3.05, 3.63) is 40.4 Å². The van der Waals surface area contributed by atoms with Gasteiger partial charge in [-0.25, -0.2) is 4.98 Å². The zero-order chi connectivity index (χ0) is 14.4. The van der Waals surface area contributed by atoms with Gasteiger partial charge in [0.25, 0.3) is 0 Å². The lowest BCUT2D eigenvalue weighted by Gasteiger charge is -2.06. The van der Waals surface area contributed by atoms with Crippen molar-refractivity contribution in [3.8, 4) is 17.6 Å². The molecule has 20 heavy (non-hydrogen) atoms. The van der Waals surface area contributed by atoms with E-state index in [9.17, 15) is 0 Å². The molecule has 2 aromatic rings. The Morgan fingerprint density at radius 1 is 1.45 bits per heavy atom. The van der Waals surface area contributed by atoms with E-state index in [1.54, 1.807) is 30.2 Å². The van der Waals surface area contributed by atoms with Crippen LogP contribution in [0.3, 0.4) is 0 Å². The van der Waals surface area contributed by atoms with Crippen LogP contribution in [0.1, 0.15) is 16.8 Å². The Kier molecular flexibility index (Phi) is 5.48. The van der Waals surface area contributed by atoms with Crippen LogP contribution < -0.4 is 10.5 Å². The lowest BCUT2D eigenvalue weighted by Crippen LogP contribution is -1.94. The van der Waals surface area contributed by atoms with E-state index >= 15 is 0 Å². The summed E-state index contributed by atoms with van der Waals surface area (Å²) in [6, 6.07) is 6.05. The molecular formula is C15H16N2OS2. The van der Waals surface area contributed by atoms with E-state index in [2.05, 4.69) is 34.3 Å². The molecule has 5 heteroatoms. The van der Waals surface area contributed by atoms with E-state index in [0.717, 1.165) is 27.1 Å². The van der Waals surface area contributed by atoms with E-state index in [0.29, 0.717) is 6.54 Å². The van der Waals surface area contributed by atoms with Crippen LogP contribution in [0.15, 0.2) is 27.9 Å². The first kappa shape index (κ1) is 14.9. The summed E-state index contributed by atoms with van der Waals surface area (Å²) in [6.07, 6.45) is 0. The highest BCUT2D eigenvalue weighted by molar-refractivity contribution is 8.00. The highest BCUT2D eigenvalue weighted by Gasteiger charge is 2.04. The first-order chi connectivity index (χ1) is 9.72. The summed E-state index contributed by atoms with van der Waals surface area (Å²) in [6.45, 7) is 2.36. The van der Waals surface area contributed by atoms with Gasteiger partial charge in [0.2, 0.25) is 0 Å². The zero-order valence-electron chi connectivity index (χ0n) is 11.5. The number of rotatable bonds is 4. The summed E-state index contributed by atoms with van der Waals surface area (Å²) in [5, 5.41) is 2.06. The van der Waals surface area contributed by atoms with Crippen LogP contribution in [-0.4, -0.2) is 18.6 Å². The molecule has 0 atom stereocenters. The van der Waals surface area contributed by atoms with Crippen LogP contribution in [-0.2, 0) is 5.75 Å². The van der Waals surface area contributed by atoms with E-state index in [1.165, 1.54) is 5.56 Å². The molecule has 0 aliphatic heterocycles. The van der Waals surface area contributed by atoms with Crippen LogP contribution in [0, 0.1) is 18.8 Å². The van der Waals surface area contributed by atoms with Crippen molar-refractivity contribution in [3.63, 3.8) is 0 Å². The third kappa shape index (κ3) is 4.01. The van der Waals surface area contributed by atoms with Crippen molar-refractivity contribution in [1.82, 2.24) is 4.98 Å². The third-order valence-corrected chi connectivity index (χ3v) is 4.76. The van der Waals surface area contributed by atoms with Crippen LogP contribution in [0.2, 0.25) is 0 Å². The Labute approximate surface area is 127 Å². The number of thioether (sulfide) groups is 1. The smallest absolute Gasteiger partial charge is 0.150 e. The molecule has 0 amide bonds.